The quantitative estimate of drug-likeness (QED) is 0.945. The van der Waals surface area contributed by atoms with E-state index in [0.717, 1.165) is 19.6 Å². The van der Waals surface area contributed by atoms with Gasteiger partial charge >= 0.3 is 0 Å². The highest BCUT2D eigenvalue weighted by molar-refractivity contribution is 6.33. The van der Waals surface area contributed by atoms with E-state index in [2.05, 4.69) is 46.3 Å². The molecule has 1 saturated heterocycles. The number of hydrogen-bond acceptors (Lipinski definition) is 3. The van der Waals surface area contributed by atoms with E-state index in [1.807, 2.05) is 4.90 Å². The van der Waals surface area contributed by atoms with Gasteiger partial charge in [-0.15, -0.1) is 0 Å². The molecule has 0 aliphatic carbocycles. The van der Waals surface area contributed by atoms with E-state index in [0.29, 0.717) is 23.8 Å². The summed E-state index contributed by atoms with van der Waals surface area (Å²) in [5, 5.41) is 6.86. The summed E-state index contributed by atoms with van der Waals surface area (Å²) >= 11 is 5.96. The molecule has 0 saturated carbocycles. The van der Waals surface area contributed by atoms with Gasteiger partial charge in [-0.2, -0.15) is 5.10 Å². The largest absolute Gasteiger partial charge is 0.335 e. The number of hydrogen-bond donors (Lipinski definition) is 1. The number of H-pyrrole nitrogens is 1. The second kappa shape index (κ2) is 6.50. The molecule has 1 aliphatic heterocycles. The van der Waals surface area contributed by atoms with Crippen molar-refractivity contribution in [1.29, 1.82) is 0 Å². The summed E-state index contributed by atoms with van der Waals surface area (Å²) in [6, 6.07) is 8.43. The molecule has 3 rings (SSSR count). The molecule has 6 heteroatoms. The van der Waals surface area contributed by atoms with Crippen LogP contribution < -0.4 is 0 Å². The summed E-state index contributed by atoms with van der Waals surface area (Å²) in [7, 11) is 0. The number of nitrogens with zero attached hydrogens (tertiary/aromatic N) is 3. The van der Waals surface area contributed by atoms with E-state index in [-0.39, 0.29) is 5.91 Å². The summed E-state index contributed by atoms with van der Waals surface area (Å²) in [5.74, 6) is -0.0713. The van der Waals surface area contributed by atoms with Gasteiger partial charge < -0.3 is 4.90 Å². The number of aromatic nitrogens is 2. The number of nitrogens with one attached hydrogen (secondary N) is 1. The second-order valence-electron chi connectivity index (χ2n) is 5.59. The van der Waals surface area contributed by atoms with Crippen molar-refractivity contribution in [2.75, 3.05) is 26.2 Å². The van der Waals surface area contributed by atoms with E-state index in [1.54, 1.807) is 0 Å². The fraction of sp³-hybridized carbons (Fsp3) is 0.375. The van der Waals surface area contributed by atoms with Crippen molar-refractivity contribution in [1.82, 2.24) is 20.0 Å². The molecular formula is C16H19ClN4O. The predicted octanol–water partition coefficient (Wildman–Crippen LogP) is 2.33. The maximum absolute atomic E-state index is 12.4. The van der Waals surface area contributed by atoms with Crippen molar-refractivity contribution >= 4 is 17.5 Å². The first-order chi connectivity index (χ1) is 10.6. The van der Waals surface area contributed by atoms with Crippen LogP contribution in [0.25, 0.3) is 0 Å². The topological polar surface area (TPSA) is 52.2 Å². The zero-order valence-electron chi connectivity index (χ0n) is 12.6. The lowest BCUT2D eigenvalue weighted by atomic mass is 10.1. The third-order valence-electron chi connectivity index (χ3n) is 4.12. The molecule has 0 spiro atoms. The fourth-order valence-electron chi connectivity index (χ4n) is 2.72. The van der Waals surface area contributed by atoms with Crippen molar-refractivity contribution in [3.8, 4) is 0 Å². The van der Waals surface area contributed by atoms with E-state index >= 15 is 0 Å². The molecule has 1 aromatic heterocycles. The summed E-state index contributed by atoms with van der Waals surface area (Å²) in [6.45, 7) is 6.21. The standard InChI is InChI=1S/C16H19ClN4O/c1-12-4-2-3-5-13(12)11-20-6-8-21(9-7-20)16(22)15-14(17)10-18-19-15/h2-5,10H,6-9,11H2,1H3,(H,18,19). The number of piperazine rings is 1. The van der Waals surface area contributed by atoms with Crippen LogP contribution in [0.4, 0.5) is 0 Å². The average molecular weight is 319 g/mol. The van der Waals surface area contributed by atoms with Gasteiger partial charge in [0.15, 0.2) is 0 Å². The molecule has 0 unspecified atom stereocenters. The number of rotatable bonds is 3. The van der Waals surface area contributed by atoms with Crippen LogP contribution in [-0.2, 0) is 6.54 Å². The van der Waals surface area contributed by atoms with Crippen LogP contribution in [0.15, 0.2) is 30.5 Å². The van der Waals surface area contributed by atoms with Gasteiger partial charge in [-0.1, -0.05) is 35.9 Å². The molecule has 2 heterocycles. The van der Waals surface area contributed by atoms with Crippen LogP contribution in [0.2, 0.25) is 5.02 Å². The van der Waals surface area contributed by atoms with Crippen molar-refractivity contribution < 1.29 is 4.79 Å². The number of benzene rings is 1. The van der Waals surface area contributed by atoms with E-state index in [4.69, 9.17) is 11.6 Å². The molecule has 1 aromatic carbocycles. The second-order valence-corrected chi connectivity index (χ2v) is 5.99. The first-order valence-corrected chi connectivity index (χ1v) is 7.78. The van der Waals surface area contributed by atoms with Crippen molar-refractivity contribution in [2.24, 2.45) is 0 Å². The third-order valence-corrected chi connectivity index (χ3v) is 4.41. The predicted molar refractivity (Wildman–Crippen MR) is 86.0 cm³/mol. The SMILES string of the molecule is Cc1ccccc1CN1CCN(C(=O)c2[nH]ncc2Cl)CC1. The number of amides is 1. The van der Waals surface area contributed by atoms with Gasteiger partial charge in [0, 0.05) is 32.7 Å². The molecule has 116 valence electrons. The molecule has 5 nitrogen and oxygen atoms in total. The van der Waals surface area contributed by atoms with Gasteiger partial charge in [-0.25, -0.2) is 0 Å². The Morgan fingerprint density at radius 2 is 2.00 bits per heavy atom. The number of carbonyl (C=O) groups is 1. The fourth-order valence-corrected chi connectivity index (χ4v) is 2.89. The maximum atomic E-state index is 12.4. The zero-order chi connectivity index (χ0) is 15.5. The van der Waals surface area contributed by atoms with E-state index < -0.39 is 0 Å². The molecule has 22 heavy (non-hydrogen) atoms. The molecule has 1 fully saturated rings. The van der Waals surface area contributed by atoms with Crippen molar-refractivity contribution in [3.63, 3.8) is 0 Å². The first-order valence-electron chi connectivity index (χ1n) is 7.40. The molecule has 1 aliphatic rings. The van der Waals surface area contributed by atoms with Crippen molar-refractivity contribution in [2.45, 2.75) is 13.5 Å². The smallest absolute Gasteiger partial charge is 0.273 e. The van der Waals surface area contributed by atoms with Crippen LogP contribution in [0.5, 0.6) is 0 Å². The minimum absolute atomic E-state index is 0.0713. The van der Waals surface area contributed by atoms with Gasteiger partial charge in [0.2, 0.25) is 0 Å². The molecule has 0 atom stereocenters. The molecular weight excluding hydrogens is 300 g/mol. The van der Waals surface area contributed by atoms with Crippen LogP contribution in [0, 0.1) is 6.92 Å². The third kappa shape index (κ3) is 3.15. The van der Waals surface area contributed by atoms with Gasteiger partial charge in [-0.3, -0.25) is 14.8 Å². The summed E-state index contributed by atoms with van der Waals surface area (Å²) < 4.78 is 0. The Kier molecular flexibility index (Phi) is 4.45. The van der Waals surface area contributed by atoms with Crippen LogP contribution in [0.1, 0.15) is 21.6 Å². The Labute approximate surface area is 134 Å². The molecule has 1 N–H and O–H groups in total. The van der Waals surface area contributed by atoms with Crippen LogP contribution in [0.3, 0.4) is 0 Å². The van der Waals surface area contributed by atoms with Gasteiger partial charge in [0.05, 0.1) is 11.2 Å². The van der Waals surface area contributed by atoms with E-state index in [9.17, 15) is 4.79 Å². The minimum Gasteiger partial charge on any atom is -0.335 e. The highest BCUT2D eigenvalue weighted by atomic mass is 35.5. The zero-order valence-corrected chi connectivity index (χ0v) is 13.3. The van der Waals surface area contributed by atoms with E-state index in [1.165, 1.54) is 17.3 Å². The number of aryl methyl sites for hydroxylation is 1. The lowest BCUT2D eigenvalue weighted by Gasteiger charge is -2.34. The number of aromatic amines is 1. The minimum atomic E-state index is -0.0713. The first kappa shape index (κ1) is 15.1. The monoisotopic (exact) mass is 318 g/mol. The average Bonchev–Trinajstić information content (AvgIpc) is 2.96. The summed E-state index contributed by atoms with van der Waals surface area (Å²) in [6.07, 6.45) is 1.46. The highest BCUT2D eigenvalue weighted by Crippen LogP contribution is 2.17. The van der Waals surface area contributed by atoms with Gasteiger partial charge in [-0.05, 0) is 18.1 Å². The Hall–Kier alpha value is -1.85. The van der Waals surface area contributed by atoms with Gasteiger partial charge in [0.25, 0.3) is 5.91 Å². The van der Waals surface area contributed by atoms with Crippen molar-refractivity contribution in [3.05, 3.63) is 52.3 Å². The van der Waals surface area contributed by atoms with Crippen LogP contribution >= 0.6 is 11.6 Å². The van der Waals surface area contributed by atoms with Crippen LogP contribution in [-0.4, -0.2) is 52.1 Å². The Morgan fingerprint density at radius 1 is 1.27 bits per heavy atom. The van der Waals surface area contributed by atoms with Gasteiger partial charge in [0.1, 0.15) is 5.69 Å². The maximum Gasteiger partial charge on any atom is 0.273 e. The molecule has 2 aromatic rings. The number of carbonyl (C=O) groups excluding carboxylic acids is 1. The Morgan fingerprint density at radius 3 is 2.64 bits per heavy atom. The lowest BCUT2D eigenvalue weighted by molar-refractivity contribution is 0.0622. The molecule has 0 bridgehead atoms. The summed E-state index contributed by atoms with van der Waals surface area (Å²) in [4.78, 5) is 16.6. The molecule has 0 radical (unpaired) electrons. The Bertz CT molecular complexity index is 662. The molecule has 1 amide bonds. The number of halogens is 1. The Balaban J connectivity index is 1.58. The lowest BCUT2D eigenvalue weighted by Crippen LogP contribution is -2.48. The highest BCUT2D eigenvalue weighted by Gasteiger charge is 2.24. The normalized spacial score (nSPS) is 16.0. The summed E-state index contributed by atoms with van der Waals surface area (Å²) in [5.41, 5.74) is 3.04.